The average Bonchev–Trinajstić information content (AvgIpc) is 3.00. The number of aromatic hydroxyl groups is 1. The SMILES string of the molecule is Cc1ccc(CNC(=O)c2ccc3c(cc(C=O)n3C=O)c2O)cc1. The number of phenolic OH excluding ortho intramolecular Hbond substituents is 1. The molecule has 0 spiro atoms. The molecule has 6 heteroatoms. The summed E-state index contributed by atoms with van der Waals surface area (Å²) in [7, 11) is 0. The number of hydrogen-bond acceptors (Lipinski definition) is 4. The molecule has 0 atom stereocenters. The number of nitrogens with zero attached hydrogens (tertiary/aromatic N) is 1. The Labute approximate surface area is 143 Å². The minimum atomic E-state index is -0.438. The summed E-state index contributed by atoms with van der Waals surface area (Å²) in [6, 6.07) is 12.1. The van der Waals surface area contributed by atoms with Crippen LogP contribution in [-0.2, 0) is 11.3 Å². The maximum absolute atomic E-state index is 12.4. The van der Waals surface area contributed by atoms with Crippen LogP contribution < -0.4 is 5.32 Å². The van der Waals surface area contributed by atoms with Crippen molar-refractivity contribution in [1.29, 1.82) is 0 Å². The fraction of sp³-hybridized carbons (Fsp3) is 0.105. The Kier molecular flexibility index (Phi) is 4.35. The van der Waals surface area contributed by atoms with Gasteiger partial charge in [0, 0.05) is 11.9 Å². The molecule has 1 heterocycles. The van der Waals surface area contributed by atoms with Crippen LogP contribution in [-0.4, -0.2) is 28.3 Å². The highest BCUT2D eigenvalue weighted by Gasteiger charge is 2.17. The molecule has 25 heavy (non-hydrogen) atoms. The van der Waals surface area contributed by atoms with Gasteiger partial charge in [0.25, 0.3) is 5.91 Å². The lowest BCUT2D eigenvalue weighted by Gasteiger charge is -2.08. The van der Waals surface area contributed by atoms with Crippen LogP contribution in [0.15, 0.2) is 42.5 Å². The molecule has 0 unspecified atom stereocenters. The Balaban J connectivity index is 1.88. The van der Waals surface area contributed by atoms with Crippen LogP contribution in [0.3, 0.4) is 0 Å². The van der Waals surface area contributed by atoms with Crippen LogP contribution in [0.1, 0.15) is 32.0 Å². The number of hydrogen-bond donors (Lipinski definition) is 2. The van der Waals surface area contributed by atoms with Gasteiger partial charge >= 0.3 is 0 Å². The third-order valence-electron chi connectivity index (χ3n) is 4.07. The van der Waals surface area contributed by atoms with Crippen LogP contribution in [0.25, 0.3) is 10.9 Å². The molecule has 126 valence electrons. The number of aldehydes is 1. The Bertz CT molecular complexity index is 971. The molecule has 6 nitrogen and oxygen atoms in total. The lowest BCUT2D eigenvalue weighted by atomic mass is 10.1. The first-order valence-corrected chi connectivity index (χ1v) is 7.66. The first kappa shape index (κ1) is 16.4. The van der Waals surface area contributed by atoms with E-state index in [0.717, 1.165) is 15.7 Å². The number of phenols is 1. The van der Waals surface area contributed by atoms with Gasteiger partial charge in [0.15, 0.2) is 6.29 Å². The van der Waals surface area contributed by atoms with Crippen molar-refractivity contribution in [3.8, 4) is 5.75 Å². The molecule has 0 aliphatic carbocycles. The smallest absolute Gasteiger partial charge is 0.255 e. The van der Waals surface area contributed by atoms with Crippen LogP contribution >= 0.6 is 0 Å². The van der Waals surface area contributed by atoms with Crippen molar-refractivity contribution in [1.82, 2.24) is 9.88 Å². The van der Waals surface area contributed by atoms with Gasteiger partial charge in [0.05, 0.1) is 16.8 Å². The summed E-state index contributed by atoms with van der Waals surface area (Å²) in [6.07, 6.45) is 1.01. The molecular weight excluding hydrogens is 320 g/mol. The van der Waals surface area contributed by atoms with Crippen molar-refractivity contribution in [2.24, 2.45) is 0 Å². The standard InChI is InChI=1S/C19H16N2O4/c1-12-2-4-13(5-3-12)9-20-19(25)15-6-7-17-16(18(15)24)8-14(10-22)21(17)11-23/h2-8,10-11,24H,9H2,1H3,(H,20,25). The van der Waals surface area contributed by atoms with Gasteiger partial charge in [-0.2, -0.15) is 0 Å². The second kappa shape index (κ2) is 6.60. The lowest BCUT2D eigenvalue weighted by molar-refractivity contribution is 0.0948. The normalized spacial score (nSPS) is 10.6. The van der Waals surface area contributed by atoms with E-state index in [4.69, 9.17) is 0 Å². The lowest BCUT2D eigenvalue weighted by Crippen LogP contribution is -2.22. The predicted octanol–water partition coefficient (Wildman–Crippen LogP) is 2.44. The molecule has 2 N–H and O–H groups in total. The Hall–Kier alpha value is -3.41. The van der Waals surface area contributed by atoms with E-state index in [2.05, 4.69) is 5.32 Å². The van der Waals surface area contributed by atoms with Crippen LogP contribution in [0, 0.1) is 6.92 Å². The quantitative estimate of drug-likeness (QED) is 0.701. The van der Waals surface area contributed by atoms with E-state index in [-0.39, 0.29) is 22.4 Å². The van der Waals surface area contributed by atoms with E-state index in [0.29, 0.717) is 24.8 Å². The van der Waals surface area contributed by atoms with Crippen molar-refractivity contribution in [3.63, 3.8) is 0 Å². The number of aryl methyl sites for hydroxylation is 1. The number of carbonyl (C=O) groups is 3. The predicted molar refractivity (Wildman–Crippen MR) is 93.5 cm³/mol. The Morgan fingerprint density at radius 3 is 2.52 bits per heavy atom. The minimum Gasteiger partial charge on any atom is -0.506 e. The molecule has 0 aliphatic rings. The fourth-order valence-corrected chi connectivity index (χ4v) is 2.68. The summed E-state index contributed by atoms with van der Waals surface area (Å²) in [6.45, 7) is 2.31. The third kappa shape index (κ3) is 3.01. The van der Waals surface area contributed by atoms with E-state index >= 15 is 0 Å². The highest BCUT2D eigenvalue weighted by Crippen LogP contribution is 2.30. The van der Waals surface area contributed by atoms with Crippen molar-refractivity contribution in [2.45, 2.75) is 13.5 Å². The molecule has 1 aromatic heterocycles. The zero-order valence-corrected chi connectivity index (χ0v) is 13.5. The zero-order valence-electron chi connectivity index (χ0n) is 13.5. The number of amides is 1. The molecule has 0 bridgehead atoms. The summed E-state index contributed by atoms with van der Waals surface area (Å²) < 4.78 is 1.12. The summed E-state index contributed by atoms with van der Waals surface area (Å²) >= 11 is 0. The first-order valence-electron chi connectivity index (χ1n) is 7.66. The number of rotatable bonds is 5. The molecule has 0 saturated heterocycles. The maximum Gasteiger partial charge on any atom is 0.255 e. The monoisotopic (exact) mass is 336 g/mol. The molecule has 0 radical (unpaired) electrons. The van der Waals surface area contributed by atoms with Gasteiger partial charge in [-0.1, -0.05) is 29.8 Å². The van der Waals surface area contributed by atoms with Crippen molar-refractivity contribution in [2.75, 3.05) is 0 Å². The third-order valence-corrected chi connectivity index (χ3v) is 4.07. The van der Waals surface area contributed by atoms with Gasteiger partial charge in [-0.05, 0) is 30.7 Å². The van der Waals surface area contributed by atoms with Crippen LogP contribution in [0.4, 0.5) is 0 Å². The average molecular weight is 336 g/mol. The topological polar surface area (TPSA) is 88.4 Å². The number of benzene rings is 2. The van der Waals surface area contributed by atoms with Gasteiger partial charge in [-0.25, -0.2) is 0 Å². The van der Waals surface area contributed by atoms with Crippen molar-refractivity contribution >= 4 is 29.5 Å². The minimum absolute atomic E-state index is 0.0834. The van der Waals surface area contributed by atoms with E-state index in [1.54, 1.807) is 0 Å². The van der Waals surface area contributed by atoms with Crippen LogP contribution in [0.2, 0.25) is 0 Å². The van der Waals surface area contributed by atoms with Gasteiger partial charge in [-0.15, -0.1) is 0 Å². The Morgan fingerprint density at radius 1 is 1.16 bits per heavy atom. The highest BCUT2D eigenvalue weighted by molar-refractivity contribution is 6.05. The van der Waals surface area contributed by atoms with Gasteiger partial charge in [-0.3, -0.25) is 19.0 Å². The maximum atomic E-state index is 12.4. The molecule has 0 aliphatic heterocycles. The number of nitrogens with one attached hydrogen (secondary N) is 1. The first-order chi connectivity index (χ1) is 12.0. The van der Waals surface area contributed by atoms with Gasteiger partial charge < -0.3 is 10.4 Å². The summed E-state index contributed by atoms with van der Waals surface area (Å²) in [5.41, 5.74) is 2.63. The molecule has 3 aromatic rings. The molecular formula is C19H16N2O4. The van der Waals surface area contributed by atoms with E-state index < -0.39 is 5.91 Å². The van der Waals surface area contributed by atoms with E-state index in [1.165, 1.54) is 18.2 Å². The Morgan fingerprint density at radius 2 is 1.88 bits per heavy atom. The highest BCUT2D eigenvalue weighted by atomic mass is 16.3. The van der Waals surface area contributed by atoms with Gasteiger partial charge in [0.2, 0.25) is 6.41 Å². The second-order valence-corrected chi connectivity index (χ2v) is 5.73. The largest absolute Gasteiger partial charge is 0.506 e. The number of carbonyl (C=O) groups excluding carboxylic acids is 3. The number of fused-ring (bicyclic) bond motifs is 1. The molecule has 1 amide bonds. The van der Waals surface area contributed by atoms with Gasteiger partial charge in [0.1, 0.15) is 5.75 Å². The van der Waals surface area contributed by atoms with Crippen molar-refractivity contribution < 1.29 is 19.5 Å². The molecule has 3 rings (SSSR count). The van der Waals surface area contributed by atoms with Crippen molar-refractivity contribution in [3.05, 3.63) is 64.8 Å². The number of aromatic nitrogens is 1. The second-order valence-electron chi connectivity index (χ2n) is 5.73. The molecule has 0 fully saturated rings. The summed E-state index contributed by atoms with van der Waals surface area (Å²) in [5, 5.41) is 13.4. The van der Waals surface area contributed by atoms with E-state index in [9.17, 15) is 19.5 Å². The molecule has 0 saturated carbocycles. The summed E-state index contributed by atoms with van der Waals surface area (Å²) in [4.78, 5) is 34.5. The summed E-state index contributed by atoms with van der Waals surface area (Å²) in [5.74, 6) is -0.700. The zero-order chi connectivity index (χ0) is 18.0. The molecule has 2 aromatic carbocycles. The van der Waals surface area contributed by atoms with E-state index in [1.807, 2.05) is 31.2 Å². The van der Waals surface area contributed by atoms with Crippen LogP contribution in [0.5, 0.6) is 5.75 Å². The fourth-order valence-electron chi connectivity index (χ4n) is 2.68.